The molecule has 0 radical (unpaired) electrons. The van der Waals surface area contributed by atoms with Crippen molar-refractivity contribution >= 4 is 11.8 Å². The summed E-state index contributed by atoms with van der Waals surface area (Å²) in [4.78, 5) is 31.0. The highest BCUT2D eigenvalue weighted by molar-refractivity contribution is 5.88. The van der Waals surface area contributed by atoms with E-state index < -0.39 is 17.7 Å². The molecule has 0 unspecified atom stereocenters. The maximum absolute atomic E-state index is 14.1. The molecule has 0 aromatic heterocycles. The van der Waals surface area contributed by atoms with Gasteiger partial charge in [-0.25, -0.2) is 8.78 Å². The van der Waals surface area contributed by atoms with E-state index in [1.165, 1.54) is 31.4 Å². The van der Waals surface area contributed by atoms with Crippen molar-refractivity contribution in [1.82, 2.24) is 20.0 Å². The molecule has 1 aromatic carbocycles. The summed E-state index contributed by atoms with van der Waals surface area (Å²) in [5.74, 6) is -2.16. The second-order valence-corrected chi connectivity index (χ2v) is 8.27. The molecule has 1 atom stereocenters. The Morgan fingerprint density at radius 2 is 1.97 bits per heavy atom. The summed E-state index contributed by atoms with van der Waals surface area (Å²) in [5.41, 5.74) is 0.192. The van der Waals surface area contributed by atoms with Crippen molar-refractivity contribution in [2.45, 2.75) is 44.7 Å². The summed E-state index contributed by atoms with van der Waals surface area (Å²) in [6, 6.07) is 3.35. The smallest absolute Gasteiger partial charge is 0.237 e. The first-order chi connectivity index (χ1) is 14.5. The first-order valence-electron chi connectivity index (χ1n) is 10.9. The highest BCUT2D eigenvalue weighted by Gasteiger charge is 2.33. The molecule has 0 saturated carbocycles. The van der Waals surface area contributed by atoms with Crippen LogP contribution in [0.4, 0.5) is 8.78 Å². The second kappa shape index (κ2) is 10.8. The molecule has 6 nitrogen and oxygen atoms in total. The van der Waals surface area contributed by atoms with Gasteiger partial charge in [-0.05, 0) is 45.0 Å². The van der Waals surface area contributed by atoms with Crippen molar-refractivity contribution in [1.29, 1.82) is 0 Å². The van der Waals surface area contributed by atoms with Crippen molar-refractivity contribution in [3.63, 3.8) is 0 Å². The number of benzene rings is 1. The fraction of sp³-hybridized carbons (Fsp3) is 0.636. The van der Waals surface area contributed by atoms with Crippen LogP contribution >= 0.6 is 0 Å². The summed E-state index contributed by atoms with van der Waals surface area (Å²) in [6.07, 6.45) is 4.72. The van der Waals surface area contributed by atoms with Crippen LogP contribution < -0.4 is 5.32 Å². The summed E-state index contributed by atoms with van der Waals surface area (Å²) in [7, 11) is 1.76. The Labute approximate surface area is 177 Å². The largest absolute Gasteiger partial charge is 0.353 e. The van der Waals surface area contributed by atoms with Crippen LogP contribution in [0.1, 0.15) is 37.7 Å². The van der Waals surface area contributed by atoms with Gasteiger partial charge in [0.25, 0.3) is 0 Å². The third kappa shape index (κ3) is 5.98. The van der Waals surface area contributed by atoms with Crippen LogP contribution in [-0.2, 0) is 16.1 Å². The fourth-order valence-corrected chi connectivity index (χ4v) is 4.22. The Morgan fingerprint density at radius 1 is 1.20 bits per heavy atom. The SMILES string of the molecule is CN(CCCN1CCCCC1)C(=O)C[C@@H]1C(=O)NCCN1Cc1cccc(F)c1F. The maximum Gasteiger partial charge on any atom is 0.237 e. The Bertz CT molecular complexity index is 740. The maximum atomic E-state index is 14.1. The van der Waals surface area contributed by atoms with E-state index in [9.17, 15) is 18.4 Å². The van der Waals surface area contributed by atoms with Gasteiger partial charge in [-0.3, -0.25) is 14.5 Å². The van der Waals surface area contributed by atoms with Gasteiger partial charge in [0.2, 0.25) is 11.8 Å². The summed E-state index contributed by atoms with van der Waals surface area (Å²) < 4.78 is 27.6. The van der Waals surface area contributed by atoms with Gasteiger partial charge in [-0.2, -0.15) is 0 Å². The predicted molar refractivity (Wildman–Crippen MR) is 111 cm³/mol. The predicted octanol–water partition coefficient (Wildman–Crippen LogP) is 1.99. The van der Waals surface area contributed by atoms with Gasteiger partial charge in [0, 0.05) is 38.8 Å². The standard InChI is InChI=1S/C22H32F2N4O2/c1-26(10-6-13-27-11-3-2-4-12-27)20(29)15-19-22(30)25-9-14-28(19)16-17-7-5-8-18(23)21(17)24/h5,7-8,19H,2-4,6,9-16H2,1H3,(H,25,30)/t19-/m1/s1. The third-order valence-electron chi connectivity index (χ3n) is 6.06. The normalized spacial score (nSPS) is 20.8. The van der Waals surface area contributed by atoms with E-state index in [2.05, 4.69) is 10.2 Å². The lowest BCUT2D eigenvalue weighted by molar-refractivity contribution is -0.138. The zero-order valence-electron chi connectivity index (χ0n) is 17.7. The Balaban J connectivity index is 1.54. The van der Waals surface area contributed by atoms with E-state index in [-0.39, 0.29) is 30.3 Å². The second-order valence-electron chi connectivity index (χ2n) is 8.27. The van der Waals surface area contributed by atoms with Crippen LogP contribution in [0, 0.1) is 11.6 Å². The number of likely N-dealkylation sites (tertiary alicyclic amines) is 1. The molecule has 3 rings (SSSR count). The molecule has 2 saturated heterocycles. The Morgan fingerprint density at radius 3 is 2.73 bits per heavy atom. The van der Waals surface area contributed by atoms with Crippen molar-refractivity contribution in [3.05, 3.63) is 35.4 Å². The van der Waals surface area contributed by atoms with Crippen LogP contribution in [0.15, 0.2) is 18.2 Å². The van der Waals surface area contributed by atoms with Crippen molar-refractivity contribution in [2.75, 3.05) is 46.3 Å². The topological polar surface area (TPSA) is 55.9 Å². The summed E-state index contributed by atoms with van der Waals surface area (Å²) >= 11 is 0. The average molecular weight is 423 g/mol. The first kappa shape index (κ1) is 22.6. The van der Waals surface area contributed by atoms with Crippen LogP contribution in [-0.4, -0.2) is 78.9 Å². The number of nitrogens with zero attached hydrogens (tertiary/aromatic N) is 3. The first-order valence-corrected chi connectivity index (χ1v) is 10.9. The molecule has 0 aliphatic carbocycles. The summed E-state index contributed by atoms with van der Waals surface area (Å²) in [5, 5.41) is 2.78. The fourth-order valence-electron chi connectivity index (χ4n) is 4.22. The van der Waals surface area contributed by atoms with Crippen LogP contribution in [0.2, 0.25) is 0 Å². The molecular formula is C22H32F2N4O2. The monoisotopic (exact) mass is 422 g/mol. The molecule has 2 aliphatic rings. The van der Waals surface area contributed by atoms with Crippen molar-refractivity contribution in [2.24, 2.45) is 0 Å². The number of piperazine rings is 1. The molecule has 2 heterocycles. The molecule has 2 fully saturated rings. The van der Waals surface area contributed by atoms with Gasteiger partial charge >= 0.3 is 0 Å². The third-order valence-corrected chi connectivity index (χ3v) is 6.06. The molecule has 0 bridgehead atoms. The average Bonchev–Trinajstić information content (AvgIpc) is 2.74. The number of rotatable bonds is 8. The van der Waals surface area contributed by atoms with Crippen molar-refractivity contribution in [3.8, 4) is 0 Å². The highest BCUT2D eigenvalue weighted by atomic mass is 19.2. The minimum atomic E-state index is -0.907. The number of halogens is 2. The number of carbonyl (C=O) groups is 2. The molecule has 8 heteroatoms. The van der Waals surface area contributed by atoms with Gasteiger partial charge in [0.1, 0.15) is 0 Å². The van der Waals surface area contributed by atoms with E-state index in [4.69, 9.17) is 0 Å². The minimum Gasteiger partial charge on any atom is -0.353 e. The quantitative estimate of drug-likeness (QED) is 0.696. The number of hydrogen-bond acceptors (Lipinski definition) is 4. The zero-order chi connectivity index (χ0) is 21.5. The molecule has 166 valence electrons. The summed E-state index contributed by atoms with van der Waals surface area (Å²) in [6.45, 7) is 4.88. The van der Waals surface area contributed by atoms with Gasteiger partial charge in [0.05, 0.1) is 12.5 Å². The number of carbonyl (C=O) groups excluding carboxylic acids is 2. The molecule has 0 spiro atoms. The van der Waals surface area contributed by atoms with E-state index in [0.29, 0.717) is 19.6 Å². The molecule has 30 heavy (non-hydrogen) atoms. The van der Waals surface area contributed by atoms with Gasteiger partial charge in [-0.15, -0.1) is 0 Å². The number of piperidine rings is 1. The van der Waals surface area contributed by atoms with Crippen LogP contribution in [0.3, 0.4) is 0 Å². The lowest BCUT2D eigenvalue weighted by atomic mass is 10.1. The van der Waals surface area contributed by atoms with Gasteiger partial charge in [-0.1, -0.05) is 18.6 Å². The Kier molecular flexibility index (Phi) is 8.16. The number of hydrogen-bond donors (Lipinski definition) is 1. The van der Waals surface area contributed by atoms with Gasteiger partial charge in [0.15, 0.2) is 11.6 Å². The van der Waals surface area contributed by atoms with Crippen molar-refractivity contribution < 1.29 is 18.4 Å². The van der Waals surface area contributed by atoms with E-state index in [1.54, 1.807) is 16.8 Å². The molecule has 1 N–H and O–H groups in total. The molecule has 2 amide bonds. The zero-order valence-corrected chi connectivity index (χ0v) is 17.7. The Hall–Kier alpha value is -2.06. The van der Waals surface area contributed by atoms with E-state index in [0.717, 1.165) is 32.1 Å². The lowest BCUT2D eigenvalue weighted by Gasteiger charge is -2.35. The molecule has 1 aromatic rings. The van der Waals surface area contributed by atoms with E-state index >= 15 is 0 Å². The van der Waals surface area contributed by atoms with Crippen LogP contribution in [0.25, 0.3) is 0 Å². The van der Waals surface area contributed by atoms with Gasteiger partial charge < -0.3 is 15.1 Å². The lowest BCUT2D eigenvalue weighted by Crippen LogP contribution is -2.56. The van der Waals surface area contributed by atoms with E-state index in [1.807, 2.05) is 0 Å². The number of amides is 2. The minimum absolute atomic E-state index is 0.0307. The molecular weight excluding hydrogens is 390 g/mol. The molecule has 2 aliphatic heterocycles. The number of nitrogens with one attached hydrogen (secondary N) is 1. The highest BCUT2D eigenvalue weighted by Crippen LogP contribution is 2.18. The van der Waals surface area contributed by atoms with Crippen LogP contribution in [0.5, 0.6) is 0 Å².